The molecule has 0 bridgehead atoms. The zero-order valence-corrected chi connectivity index (χ0v) is 7.18. The van der Waals surface area contributed by atoms with Gasteiger partial charge in [0.1, 0.15) is 12.4 Å². The number of hydrogen-bond donors (Lipinski definition) is 0. The highest BCUT2D eigenvalue weighted by Gasteiger charge is 2.16. The number of rotatable bonds is 3. The Bertz CT molecular complexity index is 102. The molecule has 0 rings (SSSR count). The van der Waals surface area contributed by atoms with E-state index in [1.54, 1.807) is 7.11 Å². The third kappa shape index (κ3) is 4.50. The molecule has 1 atom stereocenters. The lowest BCUT2D eigenvalue weighted by atomic mass is 9.89. The van der Waals surface area contributed by atoms with Crippen LogP contribution < -0.4 is 0 Å². The van der Waals surface area contributed by atoms with E-state index < -0.39 is 0 Å². The Morgan fingerprint density at radius 1 is 1.50 bits per heavy atom. The summed E-state index contributed by atoms with van der Waals surface area (Å²) in [7, 11) is 1.56. The summed E-state index contributed by atoms with van der Waals surface area (Å²) in [5, 5.41) is 0. The molecule has 0 saturated carbocycles. The molecule has 0 amide bonds. The predicted molar refractivity (Wildman–Crippen MR) is 40.9 cm³/mol. The van der Waals surface area contributed by atoms with E-state index in [0.717, 1.165) is 12.7 Å². The largest absolute Gasteiger partial charge is 0.374 e. The Balaban J connectivity index is 3.74. The number of ether oxygens (including phenoxy) is 1. The standard InChI is InChI=1S/C8H16O2/c1-8(2,3)5-7(6-9)10-4/h6-7H,5H2,1-4H3. The molecule has 10 heavy (non-hydrogen) atoms. The maximum absolute atomic E-state index is 10.3. The van der Waals surface area contributed by atoms with Crippen molar-refractivity contribution in [2.45, 2.75) is 33.3 Å². The third-order valence-corrected chi connectivity index (χ3v) is 1.27. The van der Waals surface area contributed by atoms with E-state index >= 15 is 0 Å². The molecule has 0 N–H and O–H groups in total. The zero-order chi connectivity index (χ0) is 8.20. The van der Waals surface area contributed by atoms with Gasteiger partial charge in [0.15, 0.2) is 0 Å². The van der Waals surface area contributed by atoms with Gasteiger partial charge in [0.25, 0.3) is 0 Å². The number of carbonyl (C=O) groups excluding carboxylic acids is 1. The molecule has 0 aliphatic carbocycles. The Hall–Kier alpha value is -0.370. The van der Waals surface area contributed by atoms with E-state index in [1.165, 1.54) is 0 Å². The van der Waals surface area contributed by atoms with Crippen LogP contribution in [0.2, 0.25) is 0 Å². The van der Waals surface area contributed by atoms with Crippen LogP contribution in [-0.4, -0.2) is 19.5 Å². The third-order valence-electron chi connectivity index (χ3n) is 1.27. The van der Waals surface area contributed by atoms with Gasteiger partial charge in [0, 0.05) is 7.11 Å². The van der Waals surface area contributed by atoms with E-state index in [-0.39, 0.29) is 11.5 Å². The molecule has 0 aliphatic heterocycles. The monoisotopic (exact) mass is 144 g/mol. The minimum atomic E-state index is -0.236. The quantitative estimate of drug-likeness (QED) is 0.563. The second-order valence-corrected chi connectivity index (χ2v) is 3.68. The molecular weight excluding hydrogens is 128 g/mol. The van der Waals surface area contributed by atoms with Gasteiger partial charge in [0.2, 0.25) is 0 Å². The van der Waals surface area contributed by atoms with Gasteiger partial charge in [0.05, 0.1) is 0 Å². The van der Waals surface area contributed by atoms with Crippen LogP contribution in [0.4, 0.5) is 0 Å². The van der Waals surface area contributed by atoms with E-state index in [0.29, 0.717) is 0 Å². The highest BCUT2D eigenvalue weighted by molar-refractivity contribution is 5.55. The molecule has 0 fully saturated rings. The highest BCUT2D eigenvalue weighted by Crippen LogP contribution is 2.20. The molecule has 2 heteroatoms. The van der Waals surface area contributed by atoms with Crippen LogP contribution in [0.3, 0.4) is 0 Å². The summed E-state index contributed by atoms with van der Waals surface area (Å²) in [6.45, 7) is 6.26. The smallest absolute Gasteiger partial charge is 0.148 e. The normalized spacial score (nSPS) is 14.8. The van der Waals surface area contributed by atoms with Crippen molar-refractivity contribution in [3.8, 4) is 0 Å². The Labute approximate surface area is 62.6 Å². The summed E-state index contributed by atoms with van der Waals surface area (Å²) in [6.07, 6.45) is 1.40. The Kier molecular flexibility index (Phi) is 3.58. The maximum atomic E-state index is 10.3. The first-order valence-corrected chi connectivity index (χ1v) is 3.47. The molecule has 60 valence electrons. The maximum Gasteiger partial charge on any atom is 0.148 e. The highest BCUT2D eigenvalue weighted by atomic mass is 16.5. The molecule has 0 aromatic carbocycles. The molecule has 0 spiro atoms. The summed E-state index contributed by atoms with van der Waals surface area (Å²) < 4.78 is 4.91. The fourth-order valence-corrected chi connectivity index (χ4v) is 0.791. The van der Waals surface area contributed by atoms with Gasteiger partial charge >= 0.3 is 0 Å². The Morgan fingerprint density at radius 2 is 2.00 bits per heavy atom. The van der Waals surface area contributed by atoms with Crippen LogP contribution >= 0.6 is 0 Å². The van der Waals surface area contributed by atoms with Crippen molar-refractivity contribution < 1.29 is 9.53 Å². The number of carbonyl (C=O) groups is 1. The molecule has 0 aromatic rings. The van der Waals surface area contributed by atoms with Gasteiger partial charge in [-0.15, -0.1) is 0 Å². The summed E-state index contributed by atoms with van der Waals surface area (Å²) in [5.74, 6) is 0. The lowest BCUT2D eigenvalue weighted by Gasteiger charge is -2.20. The van der Waals surface area contributed by atoms with E-state index in [1.807, 2.05) is 0 Å². The van der Waals surface area contributed by atoms with Crippen molar-refractivity contribution in [3.63, 3.8) is 0 Å². The predicted octanol–water partition coefficient (Wildman–Crippen LogP) is 1.64. The van der Waals surface area contributed by atoms with Crippen molar-refractivity contribution in [2.24, 2.45) is 5.41 Å². The van der Waals surface area contributed by atoms with Crippen molar-refractivity contribution in [3.05, 3.63) is 0 Å². The first kappa shape index (κ1) is 9.63. The molecule has 1 unspecified atom stereocenters. The molecule has 0 heterocycles. The van der Waals surface area contributed by atoms with Crippen molar-refractivity contribution in [2.75, 3.05) is 7.11 Å². The van der Waals surface area contributed by atoms with Crippen molar-refractivity contribution >= 4 is 6.29 Å². The molecule has 2 nitrogen and oxygen atoms in total. The summed E-state index contributed by atoms with van der Waals surface area (Å²) >= 11 is 0. The lowest BCUT2D eigenvalue weighted by Crippen LogP contribution is -2.20. The van der Waals surface area contributed by atoms with E-state index in [4.69, 9.17) is 4.74 Å². The van der Waals surface area contributed by atoms with Gasteiger partial charge in [-0.05, 0) is 11.8 Å². The minimum absolute atomic E-state index is 0.168. The number of methoxy groups -OCH3 is 1. The minimum Gasteiger partial charge on any atom is -0.374 e. The molecular formula is C8H16O2. The first-order valence-electron chi connectivity index (χ1n) is 3.47. The van der Waals surface area contributed by atoms with Gasteiger partial charge in [-0.1, -0.05) is 20.8 Å². The van der Waals surface area contributed by atoms with Gasteiger partial charge < -0.3 is 9.53 Å². The number of hydrogen-bond acceptors (Lipinski definition) is 2. The molecule has 0 aliphatic rings. The molecule has 0 aromatic heterocycles. The van der Waals surface area contributed by atoms with Crippen molar-refractivity contribution in [1.82, 2.24) is 0 Å². The van der Waals surface area contributed by atoms with Crippen LogP contribution in [0.5, 0.6) is 0 Å². The van der Waals surface area contributed by atoms with E-state index in [2.05, 4.69) is 20.8 Å². The topological polar surface area (TPSA) is 26.3 Å². The zero-order valence-electron chi connectivity index (χ0n) is 7.18. The van der Waals surface area contributed by atoms with Crippen molar-refractivity contribution in [1.29, 1.82) is 0 Å². The second-order valence-electron chi connectivity index (χ2n) is 3.68. The summed E-state index contributed by atoms with van der Waals surface area (Å²) in [4.78, 5) is 10.3. The van der Waals surface area contributed by atoms with Crippen LogP contribution in [0, 0.1) is 5.41 Å². The van der Waals surface area contributed by atoms with Crippen LogP contribution in [0.15, 0.2) is 0 Å². The number of aldehydes is 1. The summed E-state index contributed by atoms with van der Waals surface area (Å²) in [6, 6.07) is 0. The van der Waals surface area contributed by atoms with Crippen LogP contribution in [0.1, 0.15) is 27.2 Å². The Morgan fingerprint density at radius 3 is 2.10 bits per heavy atom. The SMILES string of the molecule is COC(C=O)CC(C)(C)C. The van der Waals surface area contributed by atoms with E-state index in [9.17, 15) is 4.79 Å². The fourth-order valence-electron chi connectivity index (χ4n) is 0.791. The van der Waals surface area contributed by atoms with Gasteiger partial charge in [-0.25, -0.2) is 0 Å². The van der Waals surface area contributed by atoms with Crippen LogP contribution in [0.25, 0.3) is 0 Å². The summed E-state index contributed by atoms with van der Waals surface area (Å²) in [5.41, 5.74) is 0.168. The lowest BCUT2D eigenvalue weighted by molar-refractivity contribution is -0.117. The van der Waals surface area contributed by atoms with Gasteiger partial charge in [-0.2, -0.15) is 0 Å². The average Bonchev–Trinajstić information content (AvgIpc) is 1.81. The molecule has 0 saturated heterocycles. The van der Waals surface area contributed by atoms with Crippen LogP contribution in [-0.2, 0) is 9.53 Å². The van der Waals surface area contributed by atoms with Gasteiger partial charge in [-0.3, -0.25) is 0 Å². The first-order chi connectivity index (χ1) is 4.49. The molecule has 0 radical (unpaired) electrons. The average molecular weight is 144 g/mol. The fraction of sp³-hybridized carbons (Fsp3) is 0.875. The second kappa shape index (κ2) is 3.71.